The average molecular weight is 550 g/mol. The largest absolute Gasteiger partial charge is 0.352 e. The molecule has 3 rings (SSSR count). The quantitative estimate of drug-likeness (QED) is 0.228. The van der Waals surface area contributed by atoms with Crippen LogP contribution in [0.5, 0.6) is 0 Å². The van der Waals surface area contributed by atoms with Crippen LogP contribution in [0.2, 0.25) is 0 Å². The summed E-state index contributed by atoms with van der Waals surface area (Å²) in [5.41, 5.74) is -0.0267. The summed E-state index contributed by atoms with van der Waals surface area (Å²) in [5.74, 6) is -0.495. The molecular weight excluding hydrogens is 509 g/mol. The number of carbonyl (C=O) groups excluding carboxylic acids is 1. The first-order chi connectivity index (χ1) is 18.0. The lowest BCUT2D eigenvalue weighted by Crippen LogP contribution is -2.36. The fourth-order valence-electron chi connectivity index (χ4n) is 4.52. The van der Waals surface area contributed by atoms with E-state index in [0.29, 0.717) is 0 Å². The Hall–Kier alpha value is -2.42. The highest BCUT2D eigenvalue weighted by Crippen LogP contribution is 2.52. The standard InChI is InChI=1S/C25H40N7O5P/c1-10-18-17(8)20(37-38(35-12-11-26-9)32(15(4)5)16(6)7)24(36-18)31-13-27-19-21(31)28-25(30-23(19)34)29-22(33)14(2)3/h13-18,20,24H,10-12H2,1-8H3,(H2,28,29,30,33,34)/t17-,18-,20-,24-,38?/m1/s1. The molecule has 2 N–H and O–H groups in total. The van der Waals surface area contributed by atoms with Crippen molar-refractivity contribution in [3.63, 3.8) is 0 Å². The number of imidazole rings is 1. The van der Waals surface area contributed by atoms with Gasteiger partial charge in [-0.15, -0.1) is 0 Å². The van der Waals surface area contributed by atoms with E-state index in [2.05, 4.69) is 71.3 Å². The average Bonchev–Trinajstić information content (AvgIpc) is 3.39. The van der Waals surface area contributed by atoms with Gasteiger partial charge in [0.1, 0.15) is 12.7 Å². The molecular formula is C25H40N7O5P. The summed E-state index contributed by atoms with van der Waals surface area (Å²) in [5, 5.41) is 2.66. The summed E-state index contributed by atoms with van der Waals surface area (Å²) in [6.07, 6.45) is 1.13. The molecule has 0 aromatic carbocycles. The van der Waals surface area contributed by atoms with Crippen molar-refractivity contribution in [2.45, 2.75) is 92.3 Å². The zero-order valence-corrected chi connectivity index (χ0v) is 24.4. The number of anilines is 1. The summed E-state index contributed by atoms with van der Waals surface area (Å²) in [7, 11) is -1.52. The third-order valence-electron chi connectivity index (χ3n) is 6.44. The van der Waals surface area contributed by atoms with Crippen molar-refractivity contribution in [2.75, 3.05) is 18.5 Å². The number of hydrogen-bond acceptors (Lipinski definition) is 8. The summed E-state index contributed by atoms with van der Waals surface area (Å²) >= 11 is 0. The number of amides is 1. The predicted octanol–water partition coefficient (Wildman–Crippen LogP) is 4.32. The maximum absolute atomic E-state index is 12.8. The van der Waals surface area contributed by atoms with Gasteiger partial charge in [-0.25, -0.2) is 16.2 Å². The molecule has 0 spiro atoms. The molecule has 1 aliphatic rings. The lowest BCUT2D eigenvalue weighted by atomic mass is 9.99. The molecule has 210 valence electrons. The van der Waals surface area contributed by atoms with Gasteiger partial charge in [0.05, 0.1) is 12.4 Å². The van der Waals surface area contributed by atoms with E-state index in [1.165, 1.54) is 6.33 Å². The first-order valence-corrected chi connectivity index (χ1v) is 14.3. The van der Waals surface area contributed by atoms with E-state index >= 15 is 0 Å². The number of carbonyl (C=O) groups is 1. The van der Waals surface area contributed by atoms with E-state index in [1.807, 2.05) is 0 Å². The molecule has 0 aliphatic carbocycles. The van der Waals surface area contributed by atoms with Crippen LogP contribution >= 0.6 is 8.53 Å². The molecule has 13 heteroatoms. The Morgan fingerprint density at radius 1 is 1.32 bits per heavy atom. The Balaban J connectivity index is 2.02. The summed E-state index contributed by atoms with van der Waals surface area (Å²) in [4.78, 5) is 39.8. The number of aromatic amines is 1. The van der Waals surface area contributed by atoms with Crippen LogP contribution < -0.4 is 10.9 Å². The van der Waals surface area contributed by atoms with Gasteiger partial charge >= 0.3 is 0 Å². The Labute approximate surface area is 225 Å². The van der Waals surface area contributed by atoms with Gasteiger partial charge in [-0.05, 0) is 34.1 Å². The molecule has 2 aromatic rings. The number of aromatic nitrogens is 4. The van der Waals surface area contributed by atoms with Gasteiger partial charge in [0.2, 0.25) is 18.4 Å². The molecule has 0 saturated carbocycles. The molecule has 0 bridgehead atoms. The van der Waals surface area contributed by atoms with Gasteiger partial charge in [-0.2, -0.15) is 4.98 Å². The van der Waals surface area contributed by atoms with E-state index in [1.54, 1.807) is 18.4 Å². The fraction of sp³-hybridized carbons (Fsp3) is 0.720. The van der Waals surface area contributed by atoms with Crippen LogP contribution in [0.25, 0.3) is 16.0 Å². The number of nitrogens with zero attached hydrogens (tertiary/aromatic N) is 5. The molecule has 0 radical (unpaired) electrons. The second-order valence-corrected chi connectivity index (χ2v) is 11.7. The maximum atomic E-state index is 12.8. The number of ether oxygens (including phenoxy) is 1. The minimum atomic E-state index is -1.52. The maximum Gasteiger partial charge on any atom is 0.280 e. The Morgan fingerprint density at radius 2 is 2.00 bits per heavy atom. The van der Waals surface area contributed by atoms with E-state index in [0.717, 1.165) is 6.42 Å². The molecule has 1 saturated heterocycles. The monoisotopic (exact) mass is 549 g/mol. The Bertz CT molecular complexity index is 1180. The lowest BCUT2D eigenvalue weighted by Gasteiger charge is -2.38. The topological polar surface area (TPSA) is 128 Å². The van der Waals surface area contributed by atoms with Crippen molar-refractivity contribution < 1.29 is 18.6 Å². The van der Waals surface area contributed by atoms with Gasteiger partial charge in [-0.3, -0.25) is 24.5 Å². The van der Waals surface area contributed by atoms with Gasteiger partial charge in [0, 0.05) is 23.9 Å². The van der Waals surface area contributed by atoms with Gasteiger partial charge in [0.15, 0.2) is 17.4 Å². The SMILES string of the molecule is [C-]#[N+]CCOP(O[C@@H]1[C@H](C)[C@@H](CC)O[C@H]1n1cnc2c(=O)[nH]c(NC(=O)C(C)C)nc21)N(C(C)C)C(C)C. The van der Waals surface area contributed by atoms with Crippen LogP contribution in [0.1, 0.15) is 68.0 Å². The van der Waals surface area contributed by atoms with Gasteiger partial charge in [-0.1, -0.05) is 27.7 Å². The van der Waals surface area contributed by atoms with Gasteiger partial charge in [0.25, 0.3) is 14.1 Å². The molecule has 3 heterocycles. The zero-order chi connectivity index (χ0) is 28.1. The van der Waals surface area contributed by atoms with Crippen LogP contribution in [0.15, 0.2) is 11.1 Å². The molecule has 1 aliphatic heterocycles. The van der Waals surface area contributed by atoms with E-state index in [-0.39, 0.29) is 66.2 Å². The second kappa shape index (κ2) is 13.1. The molecule has 1 unspecified atom stereocenters. The summed E-state index contributed by atoms with van der Waals surface area (Å²) in [6, 6.07) is 0.294. The van der Waals surface area contributed by atoms with Gasteiger partial charge < -0.3 is 18.6 Å². The first kappa shape index (κ1) is 30.1. The molecule has 1 fully saturated rings. The van der Waals surface area contributed by atoms with Crippen molar-refractivity contribution in [3.8, 4) is 0 Å². The van der Waals surface area contributed by atoms with Crippen molar-refractivity contribution in [2.24, 2.45) is 11.8 Å². The highest BCUT2D eigenvalue weighted by molar-refractivity contribution is 7.44. The fourth-order valence-corrected chi connectivity index (χ4v) is 6.32. The highest BCUT2D eigenvalue weighted by Gasteiger charge is 2.46. The molecule has 5 atom stereocenters. The third-order valence-corrected chi connectivity index (χ3v) is 8.57. The van der Waals surface area contributed by atoms with E-state index in [4.69, 9.17) is 20.4 Å². The van der Waals surface area contributed by atoms with Crippen molar-refractivity contribution in [3.05, 3.63) is 28.1 Å². The second-order valence-electron chi connectivity index (χ2n) is 10.3. The van der Waals surface area contributed by atoms with Crippen LogP contribution in [0.4, 0.5) is 5.95 Å². The summed E-state index contributed by atoms with van der Waals surface area (Å²) in [6.45, 7) is 23.6. The molecule has 1 amide bonds. The highest BCUT2D eigenvalue weighted by atomic mass is 31.2. The number of fused-ring (bicyclic) bond motifs is 1. The minimum Gasteiger partial charge on any atom is -0.352 e. The Morgan fingerprint density at radius 3 is 2.58 bits per heavy atom. The van der Waals surface area contributed by atoms with E-state index in [9.17, 15) is 9.59 Å². The third kappa shape index (κ3) is 6.58. The van der Waals surface area contributed by atoms with E-state index < -0.39 is 26.4 Å². The predicted molar refractivity (Wildman–Crippen MR) is 146 cm³/mol. The lowest BCUT2D eigenvalue weighted by molar-refractivity contribution is -0.118. The molecule has 38 heavy (non-hydrogen) atoms. The van der Waals surface area contributed by atoms with Crippen molar-refractivity contribution in [1.29, 1.82) is 0 Å². The smallest absolute Gasteiger partial charge is 0.280 e. The number of hydrogen-bond donors (Lipinski definition) is 2. The van der Waals surface area contributed by atoms with Crippen LogP contribution in [0, 0.1) is 18.4 Å². The number of H-pyrrole nitrogens is 1. The Kier molecular flexibility index (Phi) is 10.4. The van der Waals surface area contributed by atoms with Crippen molar-refractivity contribution in [1.82, 2.24) is 24.2 Å². The number of nitrogens with one attached hydrogen (secondary N) is 2. The van der Waals surface area contributed by atoms with Crippen LogP contribution in [-0.4, -0.2) is 67.5 Å². The minimum absolute atomic E-state index is 0.000183. The van der Waals surface area contributed by atoms with Crippen LogP contribution in [-0.2, 0) is 18.6 Å². The normalized spacial score (nSPS) is 22.6. The zero-order valence-electron chi connectivity index (χ0n) is 23.5. The molecule has 2 aromatic heterocycles. The summed E-state index contributed by atoms with van der Waals surface area (Å²) < 4.78 is 23.2. The van der Waals surface area contributed by atoms with Crippen molar-refractivity contribution >= 4 is 31.5 Å². The number of rotatable bonds is 12. The molecule has 12 nitrogen and oxygen atoms in total. The van der Waals surface area contributed by atoms with Crippen LogP contribution in [0.3, 0.4) is 0 Å². The first-order valence-electron chi connectivity index (χ1n) is 13.1.